The molecule has 1 aliphatic heterocycles. The number of carbonyl (C=O) groups is 3. The first kappa shape index (κ1) is 15.5. The second-order valence-electron chi connectivity index (χ2n) is 4.38. The molecule has 0 aromatic carbocycles. The van der Waals surface area contributed by atoms with Gasteiger partial charge >= 0.3 is 12.1 Å². The lowest BCUT2D eigenvalue weighted by atomic mass is 10.1. The van der Waals surface area contributed by atoms with Crippen molar-refractivity contribution in [3.63, 3.8) is 0 Å². The zero-order valence-electron chi connectivity index (χ0n) is 11.5. The van der Waals surface area contributed by atoms with Crippen molar-refractivity contribution in [1.82, 2.24) is 4.90 Å². The molecule has 1 rings (SSSR count). The van der Waals surface area contributed by atoms with E-state index in [1.54, 1.807) is 13.8 Å². The van der Waals surface area contributed by atoms with Gasteiger partial charge in [-0.2, -0.15) is 0 Å². The molecular weight excluding hydrogens is 250 g/mol. The summed E-state index contributed by atoms with van der Waals surface area (Å²) < 4.78 is 9.78. The molecule has 19 heavy (non-hydrogen) atoms. The van der Waals surface area contributed by atoms with Crippen LogP contribution in [-0.2, 0) is 19.1 Å². The maximum atomic E-state index is 11.9. The van der Waals surface area contributed by atoms with E-state index >= 15 is 0 Å². The predicted octanol–water partition coefficient (Wildman–Crippen LogP) is 1.52. The summed E-state index contributed by atoms with van der Waals surface area (Å²) in [6, 6.07) is 0. The van der Waals surface area contributed by atoms with Crippen LogP contribution in [0.5, 0.6) is 0 Å². The molecule has 6 nitrogen and oxygen atoms in total. The third kappa shape index (κ3) is 4.54. The van der Waals surface area contributed by atoms with Gasteiger partial charge in [-0.3, -0.25) is 4.79 Å². The topological polar surface area (TPSA) is 72.9 Å². The van der Waals surface area contributed by atoms with Gasteiger partial charge in [-0.05, 0) is 26.2 Å². The Morgan fingerprint density at radius 1 is 1.11 bits per heavy atom. The number of amides is 1. The van der Waals surface area contributed by atoms with Crippen molar-refractivity contribution in [1.29, 1.82) is 0 Å². The van der Waals surface area contributed by atoms with Crippen LogP contribution in [0.4, 0.5) is 4.79 Å². The minimum Gasteiger partial charge on any atom is -0.463 e. The van der Waals surface area contributed by atoms with E-state index in [2.05, 4.69) is 0 Å². The first-order chi connectivity index (χ1) is 9.10. The molecule has 0 N–H and O–H groups in total. The smallest absolute Gasteiger partial charge is 0.411 e. The van der Waals surface area contributed by atoms with E-state index in [4.69, 9.17) is 9.47 Å². The Balaban J connectivity index is 2.62. The third-order valence-corrected chi connectivity index (χ3v) is 2.97. The molecule has 1 aliphatic rings. The number of hydrogen-bond acceptors (Lipinski definition) is 5. The highest BCUT2D eigenvalue weighted by molar-refractivity contribution is 6.03. The van der Waals surface area contributed by atoms with Gasteiger partial charge in [0, 0.05) is 19.5 Å². The van der Waals surface area contributed by atoms with Crippen molar-refractivity contribution in [2.24, 2.45) is 0 Å². The Morgan fingerprint density at radius 2 is 1.74 bits per heavy atom. The molecule has 1 saturated heterocycles. The summed E-state index contributed by atoms with van der Waals surface area (Å²) in [7, 11) is 0. The highest BCUT2D eigenvalue weighted by Gasteiger charge is 2.32. The fourth-order valence-corrected chi connectivity index (χ4v) is 1.90. The molecule has 1 atom stereocenters. The Hall–Kier alpha value is -1.59. The largest absolute Gasteiger partial charge is 0.463 e. The number of nitrogens with zero attached hydrogens (tertiary/aromatic N) is 1. The Morgan fingerprint density at radius 3 is 2.26 bits per heavy atom. The maximum absolute atomic E-state index is 11.9. The number of piperidine rings is 1. The third-order valence-electron chi connectivity index (χ3n) is 2.97. The second-order valence-corrected chi connectivity index (χ2v) is 4.38. The average Bonchev–Trinajstić information content (AvgIpc) is 2.44. The SMILES string of the molecule is CCOC(=O)C(OC(=O)N1CCCCC1)C(=O)CC. The van der Waals surface area contributed by atoms with E-state index in [0.29, 0.717) is 13.1 Å². The first-order valence-electron chi connectivity index (χ1n) is 6.75. The van der Waals surface area contributed by atoms with Crippen LogP contribution in [0.15, 0.2) is 0 Å². The number of esters is 1. The van der Waals surface area contributed by atoms with Crippen LogP contribution in [0.2, 0.25) is 0 Å². The van der Waals surface area contributed by atoms with Gasteiger partial charge in [-0.15, -0.1) is 0 Å². The summed E-state index contributed by atoms with van der Waals surface area (Å²) in [5.74, 6) is -1.23. The van der Waals surface area contributed by atoms with Crippen LogP contribution >= 0.6 is 0 Å². The Kier molecular flexibility index (Phi) is 6.32. The van der Waals surface area contributed by atoms with E-state index in [1.807, 2.05) is 0 Å². The average molecular weight is 271 g/mol. The van der Waals surface area contributed by atoms with Crippen LogP contribution in [0.25, 0.3) is 0 Å². The quantitative estimate of drug-likeness (QED) is 0.560. The molecule has 1 amide bonds. The van der Waals surface area contributed by atoms with Gasteiger partial charge in [-0.1, -0.05) is 6.92 Å². The molecule has 0 aromatic heterocycles. The summed E-state index contributed by atoms with van der Waals surface area (Å²) in [5, 5.41) is 0. The lowest BCUT2D eigenvalue weighted by molar-refractivity contribution is -0.158. The Bertz CT molecular complexity index is 336. The van der Waals surface area contributed by atoms with Gasteiger partial charge in [0.1, 0.15) is 0 Å². The standard InChI is InChI=1S/C13H21NO5/c1-3-10(15)11(12(16)18-4-2)19-13(17)14-8-6-5-7-9-14/h11H,3-9H2,1-2H3. The van der Waals surface area contributed by atoms with Gasteiger partial charge in [0.25, 0.3) is 6.10 Å². The molecule has 0 aromatic rings. The normalized spacial score (nSPS) is 16.6. The molecule has 0 bridgehead atoms. The number of ether oxygens (including phenoxy) is 2. The minimum atomic E-state index is -1.43. The minimum absolute atomic E-state index is 0.122. The van der Waals surface area contributed by atoms with Crippen LogP contribution in [0.3, 0.4) is 0 Å². The summed E-state index contributed by atoms with van der Waals surface area (Å²) in [5.41, 5.74) is 0. The lowest BCUT2D eigenvalue weighted by Crippen LogP contribution is -2.43. The molecule has 0 radical (unpaired) electrons. The summed E-state index contributed by atoms with van der Waals surface area (Å²) in [6.07, 6.45) is 0.997. The highest BCUT2D eigenvalue weighted by Crippen LogP contribution is 2.12. The van der Waals surface area contributed by atoms with Gasteiger partial charge in [0.05, 0.1) is 6.61 Å². The van der Waals surface area contributed by atoms with E-state index in [9.17, 15) is 14.4 Å². The fourth-order valence-electron chi connectivity index (χ4n) is 1.90. The summed E-state index contributed by atoms with van der Waals surface area (Å²) in [4.78, 5) is 36.7. The van der Waals surface area contributed by atoms with Crippen LogP contribution < -0.4 is 0 Å². The van der Waals surface area contributed by atoms with Crippen molar-refractivity contribution < 1.29 is 23.9 Å². The van der Waals surface area contributed by atoms with Crippen molar-refractivity contribution in [3.8, 4) is 0 Å². The molecular formula is C13H21NO5. The number of ketones is 1. The molecule has 0 aliphatic carbocycles. The summed E-state index contributed by atoms with van der Waals surface area (Å²) >= 11 is 0. The number of carbonyl (C=O) groups excluding carboxylic acids is 3. The number of hydrogen-bond donors (Lipinski definition) is 0. The van der Waals surface area contributed by atoms with Gasteiger partial charge in [0.2, 0.25) is 0 Å². The van der Waals surface area contributed by atoms with E-state index < -0.39 is 23.9 Å². The van der Waals surface area contributed by atoms with Gasteiger partial charge < -0.3 is 14.4 Å². The number of Topliss-reactive ketones (excluding diaryl/α,β-unsaturated/α-hetero) is 1. The molecule has 108 valence electrons. The molecule has 0 spiro atoms. The lowest BCUT2D eigenvalue weighted by Gasteiger charge is -2.27. The van der Waals surface area contributed by atoms with E-state index in [1.165, 1.54) is 4.90 Å². The molecule has 6 heteroatoms. The van der Waals surface area contributed by atoms with Gasteiger partial charge in [-0.25, -0.2) is 9.59 Å². The molecule has 0 saturated carbocycles. The number of rotatable bonds is 5. The van der Waals surface area contributed by atoms with Crippen LogP contribution in [0.1, 0.15) is 39.5 Å². The van der Waals surface area contributed by atoms with Crippen molar-refractivity contribution in [3.05, 3.63) is 0 Å². The highest BCUT2D eigenvalue weighted by atomic mass is 16.6. The first-order valence-corrected chi connectivity index (χ1v) is 6.75. The van der Waals surface area contributed by atoms with Crippen LogP contribution in [-0.4, -0.2) is 48.5 Å². The van der Waals surface area contributed by atoms with Crippen molar-refractivity contribution >= 4 is 17.8 Å². The molecule has 1 unspecified atom stereocenters. The number of likely N-dealkylation sites (tertiary alicyclic amines) is 1. The molecule has 1 fully saturated rings. The zero-order chi connectivity index (χ0) is 14.3. The maximum Gasteiger partial charge on any atom is 0.411 e. The summed E-state index contributed by atoms with van der Waals surface area (Å²) in [6.45, 7) is 4.61. The van der Waals surface area contributed by atoms with Crippen molar-refractivity contribution in [2.75, 3.05) is 19.7 Å². The van der Waals surface area contributed by atoms with E-state index in [0.717, 1.165) is 19.3 Å². The zero-order valence-corrected chi connectivity index (χ0v) is 11.5. The Labute approximate surface area is 113 Å². The monoisotopic (exact) mass is 271 g/mol. The van der Waals surface area contributed by atoms with Crippen LogP contribution in [0, 0.1) is 0 Å². The molecule has 1 heterocycles. The predicted molar refractivity (Wildman–Crippen MR) is 67.6 cm³/mol. The second kappa shape index (κ2) is 7.76. The van der Waals surface area contributed by atoms with Crippen molar-refractivity contribution in [2.45, 2.75) is 45.6 Å². The fraction of sp³-hybridized carbons (Fsp3) is 0.769. The van der Waals surface area contributed by atoms with Gasteiger partial charge in [0.15, 0.2) is 5.78 Å². The van der Waals surface area contributed by atoms with E-state index in [-0.39, 0.29) is 13.0 Å².